The number of nitrogens with one attached hydrogen (secondary N) is 1. The van der Waals surface area contributed by atoms with Gasteiger partial charge in [0.05, 0.1) is 20.5 Å². The first-order valence-electron chi connectivity index (χ1n) is 8.48. The molecule has 0 aliphatic carbocycles. The van der Waals surface area contributed by atoms with E-state index in [0.717, 1.165) is 17.0 Å². The van der Waals surface area contributed by atoms with Crippen LogP contribution in [0.1, 0.15) is 10.4 Å². The Morgan fingerprint density at radius 1 is 1.03 bits per heavy atom. The summed E-state index contributed by atoms with van der Waals surface area (Å²) in [5.41, 5.74) is -0.207. The molecular weight excluding hydrogens is 448 g/mol. The van der Waals surface area contributed by atoms with Crippen molar-refractivity contribution < 1.29 is 18.1 Å². The number of nitrogens with zero attached hydrogens (tertiary/aromatic N) is 1. The van der Waals surface area contributed by atoms with Crippen molar-refractivity contribution in [3.63, 3.8) is 0 Å². The number of rotatable bonds is 6. The second-order valence-corrected chi connectivity index (χ2v) is 9.17. The topological polar surface area (TPSA) is 106 Å². The van der Waals surface area contributed by atoms with Crippen LogP contribution in [0.4, 0.5) is 11.4 Å². The maximum atomic E-state index is 12.9. The Hall–Kier alpha value is -2.88. The number of nitro benzene ring substituents is 1. The minimum atomic E-state index is -4.27. The van der Waals surface area contributed by atoms with Gasteiger partial charge in [-0.1, -0.05) is 35.9 Å². The number of carbonyl (C=O) groups excluding carboxylic acids is 1. The first kappa shape index (κ1) is 21.8. The first-order chi connectivity index (χ1) is 14.3. The van der Waals surface area contributed by atoms with E-state index in [-0.39, 0.29) is 15.5 Å². The summed E-state index contributed by atoms with van der Waals surface area (Å²) in [6, 6.07) is 16.0. The predicted octanol–water partition coefficient (Wildman–Crippen LogP) is 5.06. The number of hydrogen-bond donors (Lipinski definition) is 1. The molecule has 0 fully saturated rings. The van der Waals surface area contributed by atoms with Crippen LogP contribution in [-0.4, -0.2) is 25.5 Å². The van der Waals surface area contributed by atoms with E-state index in [1.54, 1.807) is 18.2 Å². The zero-order chi connectivity index (χ0) is 21.9. The van der Waals surface area contributed by atoms with Crippen LogP contribution in [0.25, 0.3) is 0 Å². The Kier molecular flexibility index (Phi) is 6.45. The Morgan fingerprint density at radius 2 is 1.70 bits per heavy atom. The summed E-state index contributed by atoms with van der Waals surface area (Å²) in [7, 11) is -4.27. The van der Waals surface area contributed by atoms with E-state index in [1.165, 1.54) is 36.0 Å². The normalized spacial score (nSPS) is 11.1. The number of halogens is 1. The Balaban J connectivity index is 2.03. The third-order valence-corrected chi connectivity index (χ3v) is 7.29. The van der Waals surface area contributed by atoms with Gasteiger partial charge >= 0.3 is 0 Å². The van der Waals surface area contributed by atoms with Crippen LogP contribution in [-0.2, 0) is 9.84 Å². The molecule has 154 valence electrons. The fourth-order valence-corrected chi connectivity index (χ4v) is 5.22. The van der Waals surface area contributed by atoms with Gasteiger partial charge in [0.1, 0.15) is 4.90 Å². The molecular formula is C20H15ClN2O5S2. The average molecular weight is 463 g/mol. The molecule has 0 spiro atoms. The Bertz CT molecular complexity index is 1250. The van der Waals surface area contributed by atoms with Gasteiger partial charge in [0.25, 0.3) is 11.6 Å². The number of hydrogen-bond acceptors (Lipinski definition) is 6. The maximum absolute atomic E-state index is 12.9. The smallest absolute Gasteiger partial charge is 0.289 e. The number of carbonyl (C=O) groups is 1. The van der Waals surface area contributed by atoms with Crippen LogP contribution in [0.5, 0.6) is 0 Å². The van der Waals surface area contributed by atoms with Gasteiger partial charge < -0.3 is 5.32 Å². The summed E-state index contributed by atoms with van der Waals surface area (Å²) in [6.45, 7) is 0. The summed E-state index contributed by atoms with van der Waals surface area (Å²) in [6.07, 6.45) is 1.85. The molecule has 7 nitrogen and oxygen atoms in total. The van der Waals surface area contributed by atoms with Crippen molar-refractivity contribution >= 4 is 50.5 Å². The lowest BCUT2D eigenvalue weighted by molar-refractivity contribution is -0.387. The van der Waals surface area contributed by atoms with E-state index < -0.39 is 31.3 Å². The monoisotopic (exact) mass is 462 g/mol. The minimum Gasteiger partial charge on any atom is -0.321 e. The lowest BCUT2D eigenvalue weighted by Crippen LogP contribution is -2.14. The number of nitro groups is 1. The van der Waals surface area contributed by atoms with Crippen molar-refractivity contribution in [2.75, 3.05) is 11.6 Å². The molecule has 3 aromatic rings. The molecule has 1 amide bonds. The van der Waals surface area contributed by atoms with Gasteiger partial charge in [-0.05, 0) is 42.7 Å². The van der Waals surface area contributed by atoms with Crippen LogP contribution in [0.2, 0.25) is 5.02 Å². The molecule has 0 aromatic heterocycles. The average Bonchev–Trinajstić information content (AvgIpc) is 2.73. The van der Waals surface area contributed by atoms with Crippen LogP contribution in [0.15, 0.2) is 81.4 Å². The molecule has 0 atom stereocenters. The van der Waals surface area contributed by atoms with Gasteiger partial charge in [-0.25, -0.2) is 8.42 Å². The quantitative estimate of drug-likeness (QED) is 0.312. The maximum Gasteiger partial charge on any atom is 0.289 e. The zero-order valence-corrected chi connectivity index (χ0v) is 17.9. The van der Waals surface area contributed by atoms with E-state index in [0.29, 0.717) is 5.69 Å². The number of anilines is 1. The molecule has 0 aliphatic rings. The van der Waals surface area contributed by atoms with E-state index in [9.17, 15) is 23.3 Å². The lowest BCUT2D eigenvalue weighted by Gasteiger charge is -2.11. The van der Waals surface area contributed by atoms with Gasteiger partial charge in [0.2, 0.25) is 9.84 Å². The molecule has 10 heteroatoms. The van der Waals surface area contributed by atoms with Crippen molar-refractivity contribution in [1.29, 1.82) is 0 Å². The van der Waals surface area contributed by atoms with E-state index in [1.807, 2.05) is 18.4 Å². The molecule has 3 aromatic carbocycles. The molecule has 0 saturated carbocycles. The Labute approximate surface area is 182 Å². The summed E-state index contributed by atoms with van der Waals surface area (Å²) < 4.78 is 25.9. The molecule has 1 N–H and O–H groups in total. The largest absolute Gasteiger partial charge is 0.321 e. The van der Waals surface area contributed by atoms with Crippen LogP contribution < -0.4 is 5.32 Å². The molecule has 0 unspecified atom stereocenters. The number of amides is 1. The van der Waals surface area contributed by atoms with Crippen molar-refractivity contribution in [1.82, 2.24) is 0 Å². The molecule has 30 heavy (non-hydrogen) atoms. The Morgan fingerprint density at radius 3 is 2.37 bits per heavy atom. The highest BCUT2D eigenvalue weighted by Crippen LogP contribution is 2.34. The second-order valence-electron chi connectivity index (χ2n) is 6.03. The highest BCUT2D eigenvalue weighted by atomic mass is 35.5. The summed E-state index contributed by atoms with van der Waals surface area (Å²) in [5, 5.41) is 14.2. The molecule has 0 heterocycles. The van der Waals surface area contributed by atoms with E-state index in [2.05, 4.69) is 5.32 Å². The predicted molar refractivity (Wildman–Crippen MR) is 116 cm³/mol. The van der Waals surface area contributed by atoms with Gasteiger partial charge in [-0.2, -0.15) is 0 Å². The van der Waals surface area contributed by atoms with Crippen molar-refractivity contribution in [3.05, 3.63) is 87.4 Å². The van der Waals surface area contributed by atoms with Crippen LogP contribution in [0, 0.1) is 10.1 Å². The summed E-state index contributed by atoms with van der Waals surface area (Å²) in [4.78, 5) is 23.4. The van der Waals surface area contributed by atoms with E-state index in [4.69, 9.17) is 11.6 Å². The first-order valence-corrected chi connectivity index (χ1v) is 11.6. The summed E-state index contributed by atoms with van der Waals surface area (Å²) >= 11 is 7.41. The third kappa shape index (κ3) is 4.33. The molecule has 0 radical (unpaired) electrons. The number of sulfone groups is 1. The highest BCUT2D eigenvalue weighted by molar-refractivity contribution is 7.98. The van der Waals surface area contributed by atoms with Gasteiger partial charge in [-0.3, -0.25) is 14.9 Å². The molecule has 3 rings (SSSR count). The van der Waals surface area contributed by atoms with Crippen LogP contribution in [0.3, 0.4) is 0 Å². The van der Waals surface area contributed by atoms with Crippen LogP contribution >= 0.6 is 23.4 Å². The van der Waals surface area contributed by atoms with E-state index >= 15 is 0 Å². The minimum absolute atomic E-state index is 0.0456. The fraction of sp³-hybridized carbons (Fsp3) is 0.0500. The molecule has 0 bridgehead atoms. The number of benzene rings is 3. The second kappa shape index (κ2) is 8.86. The van der Waals surface area contributed by atoms with Gasteiger partial charge in [0.15, 0.2) is 0 Å². The van der Waals surface area contributed by atoms with Gasteiger partial charge in [0, 0.05) is 16.5 Å². The summed E-state index contributed by atoms with van der Waals surface area (Å²) in [5.74, 6) is -0.596. The number of thioether (sulfide) groups is 1. The van der Waals surface area contributed by atoms with Crippen molar-refractivity contribution in [2.24, 2.45) is 0 Å². The zero-order valence-electron chi connectivity index (χ0n) is 15.5. The highest BCUT2D eigenvalue weighted by Gasteiger charge is 2.30. The van der Waals surface area contributed by atoms with Crippen molar-refractivity contribution in [2.45, 2.75) is 14.7 Å². The fourth-order valence-electron chi connectivity index (χ4n) is 2.75. The molecule has 0 saturated heterocycles. The van der Waals surface area contributed by atoms with Crippen molar-refractivity contribution in [3.8, 4) is 0 Å². The standard InChI is InChI=1S/C20H15ClN2O5S2/c1-29-17-8-4-3-7-15(17)22-20(24)13-10-11-19(16(12-13)23(25)26)30(27,28)18-9-5-2-6-14(18)21/h2-12H,1H3,(H,22,24). The SMILES string of the molecule is CSc1ccccc1NC(=O)c1ccc(S(=O)(=O)c2ccccc2Cl)c([N+](=O)[O-])c1. The molecule has 0 aliphatic heterocycles. The van der Waals surface area contributed by atoms with Gasteiger partial charge in [-0.15, -0.1) is 11.8 Å². The lowest BCUT2D eigenvalue weighted by atomic mass is 10.2. The number of para-hydroxylation sites is 1. The third-order valence-electron chi connectivity index (χ3n) is 4.19.